The maximum Gasteiger partial charge on any atom is 0.232 e. The molecule has 1 saturated heterocycles. The van der Waals surface area contributed by atoms with Gasteiger partial charge in [-0.2, -0.15) is 0 Å². The first-order chi connectivity index (χ1) is 8.53. The topological polar surface area (TPSA) is 32.3 Å². The molecule has 2 rings (SSSR count). The normalized spacial score (nSPS) is 19.8. The summed E-state index contributed by atoms with van der Waals surface area (Å²) in [5, 5.41) is 3.31. The van der Waals surface area contributed by atoms with Crippen molar-refractivity contribution < 1.29 is 4.79 Å². The second-order valence-corrected chi connectivity index (χ2v) is 5.55. The minimum Gasteiger partial charge on any atom is -0.341 e. The van der Waals surface area contributed by atoms with Crippen LogP contribution in [0.5, 0.6) is 0 Å². The molecule has 1 fully saturated rings. The monoisotopic (exact) mass is 246 g/mol. The lowest BCUT2D eigenvalue weighted by molar-refractivity contribution is -0.136. The van der Waals surface area contributed by atoms with E-state index in [0.29, 0.717) is 6.04 Å². The van der Waals surface area contributed by atoms with Crippen molar-refractivity contribution in [1.82, 2.24) is 10.2 Å². The van der Waals surface area contributed by atoms with Crippen LogP contribution in [0.1, 0.15) is 25.8 Å². The van der Waals surface area contributed by atoms with Gasteiger partial charge in [0, 0.05) is 19.6 Å². The molecule has 0 bridgehead atoms. The standard InChI is InChI=1S/C15H22N2O/c1-15(2,12-7-5-4-6-8-12)14(18)17(3)13-9-10-16-11-13/h4-8,13,16H,9-11H2,1-3H3. The molecule has 1 atom stereocenters. The van der Waals surface area contributed by atoms with E-state index in [1.807, 2.05) is 56.1 Å². The first kappa shape index (κ1) is 13.1. The largest absolute Gasteiger partial charge is 0.341 e. The van der Waals surface area contributed by atoms with Crippen molar-refractivity contribution in [2.75, 3.05) is 20.1 Å². The number of nitrogens with one attached hydrogen (secondary N) is 1. The van der Waals surface area contributed by atoms with Crippen molar-refractivity contribution in [3.05, 3.63) is 35.9 Å². The minimum absolute atomic E-state index is 0.197. The van der Waals surface area contributed by atoms with Crippen LogP contribution in [0.25, 0.3) is 0 Å². The summed E-state index contributed by atoms with van der Waals surface area (Å²) in [6.45, 7) is 5.92. The lowest BCUT2D eigenvalue weighted by atomic mass is 9.83. The summed E-state index contributed by atoms with van der Waals surface area (Å²) in [5.74, 6) is 0.197. The van der Waals surface area contributed by atoms with Crippen LogP contribution in [-0.4, -0.2) is 37.0 Å². The fourth-order valence-electron chi connectivity index (χ4n) is 2.55. The third-order valence-electron chi connectivity index (χ3n) is 3.93. The van der Waals surface area contributed by atoms with E-state index < -0.39 is 5.41 Å². The smallest absolute Gasteiger partial charge is 0.232 e. The lowest BCUT2D eigenvalue weighted by Crippen LogP contribution is -2.47. The highest BCUT2D eigenvalue weighted by atomic mass is 16.2. The zero-order chi connectivity index (χ0) is 13.2. The molecule has 0 saturated carbocycles. The Balaban J connectivity index is 2.16. The summed E-state index contributed by atoms with van der Waals surface area (Å²) in [6.07, 6.45) is 1.05. The molecule has 1 amide bonds. The molecule has 0 aliphatic carbocycles. The van der Waals surface area contributed by atoms with Crippen LogP contribution in [0.3, 0.4) is 0 Å². The summed E-state index contributed by atoms with van der Waals surface area (Å²) in [7, 11) is 1.92. The van der Waals surface area contributed by atoms with Gasteiger partial charge in [0.05, 0.1) is 5.41 Å². The first-order valence-corrected chi connectivity index (χ1v) is 6.57. The summed E-state index contributed by atoms with van der Waals surface area (Å²) in [6, 6.07) is 10.3. The van der Waals surface area contributed by atoms with Crippen LogP contribution in [0.2, 0.25) is 0 Å². The number of carbonyl (C=O) groups is 1. The molecule has 1 unspecified atom stereocenters. The van der Waals surface area contributed by atoms with Gasteiger partial charge < -0.3 is 10.2 Å². The highest BCUT2D eigenvalue weighted by Crippen LogP contribution is 2.26. The molecule has 1 N–H and O–H groups in total. The SMILES string of the molecule is CN(C(=O)C(C)(C)c1ccccc1)C1CCNC1. The fourth-order valence-corrected chi connectivity index (χ4v) is 2.55. The van der Waals surface area contributed by atoms with Gasteiger partial charge in [0.1, 0.15) is 0 Å². The Morgan fingerprint density at radius 1 is 1.33 bits per heavy atom. The molecule has 98 valence electrons. The Labute approximate surface area is 109 Å². The van der Waals surface area contributed by atoms with Gasteiger partial charge in [0.25, 0.3) is 0 Å². The van der Waals surface area contributed by atoms with Gasteiger partial charge in [-0.1, -0.05) is 30.3 Å². The number of carbonyl (C=O) groups excluding carboxylic acids is 1. The Hall–Kier alpha value is -1.35. The number of rotatable bonds is 3. The van der Waals surface area contributed by atoms with Gasteiger partial charge in [-0.3, -0.25) is 4.79 Å². The molecule has 0 spiro atoms. The molecule has 0 aromatic heterocycles. The zero-order valence-corrected chi connectivity index (χ0v) is 11.4. The number of hydrogen-bond donors (Lipinski definition) is 1. The van der Waals surface area contributed by atoms with Gasteiger partial charge >= 0.3 is 0 Å². The second kappa shape index (κ2) is 5.11. The van der Waals surface area contributed by atoms with E-state index in [-0.39, 0.29) is 5.91 Å². The molecule has 1 aliphatic rings. The predicted molar refractivity (Wildman–Crippen MR) is 73.5 cm³/mol. The molecule has 1 aromatic carbocycles. The van der Waals surface area contributed by atoms with Crippen LogP contribution >= 0.6 is 0 Å². The maximum absolute atomic E-state index is 12.7. The zero-order valence-electron chi connectivity index (χ0n) is 11.4. The number of likely N-dealkylation sites (N-methyl/N-ethyl adjacent to an activating group) is 1. The van der Waals surface area contributed by atoms with Crippen molar-refractivity contribution in [3.63, 3.8) is 0 Å². The molecule has 3 nitrogen and oxygen atoms in total. The molecule has 1 heterocycles. The number of benzene rings is 1. The van der Waals surface area contributed by atoms with E-state index in [2.05, 4.69) is 5.32 Å². The van der Waals surface area contributed by atoms with E-state index >= 15 is 0 Å². The highest BCUT2D eigenvalue weighted by Gasteiger charge is 2.35. The van der Waals surface area contributed by atoms with Crippen LogP contribution in [0.15, 0.2) is 30.3 Å². The van der Waals surface area contributed by atoms with Gasteiger partial charge in [0.2, 0.25) is 5.91 Å². The quantitative estimate of drug-likeness (QED) is 0.882. The van der Waals surface area contributed by atoms with E-state index in [0.717, 1.165) is 25.1 Å². The summed E-state index contributed by atoms with van der Waals surface area (Å²) < 4.78 is 0. The van der Waals surface area contributed by atoms with Gasteiger partial charge in [0.15, 0.2) is 0 Å². The molecule has 1 aliphatic heterocycles. The van der Waals surface area contributed by atoms with Gasteiger partial charge in [-0.05, 0) is 32.4 Å². The Bertz CT molecular complexity index is 408. The Morgan fingerprint density at radius 2 is 2.00 bits per heavy atom. The maximum atomic E-state index is 12.7. The fraction of sp³-hybridized carbons (Fsp3) is 0.533. The first-order valence-electron chi connectivity index (χ1n) is 6.57. The second-order valence-electron chi connectivity index (χ2n) is 5.55. The molecular weight excluding hydrogens is 224 g/mol. The van der Waals surface area contributed by atoms with Crippen LogP contribution in [0.4, 0.5) is 0 Å². The van der Waals surface area contributed by atoms with Crippen molar-refractivity contribution in [2.24, 2.45) is 0 Å². The average Bonchev–Trinajstić information content (AvgIpc) is 2.92. The lowest BCUT2D eigenvalue weighted by Gasteiger charge is -2.33. The third kappa shape index (κ3) is 2.41. The van der Waals surface area contributed by atoms with E-state index in [1.165, 1.54) is 0 Å². The van der Waals surface area contributed by atoms with Crippen molar-refractivity contribution in [1.29, 1.82) is 0 Å². The highest BCUT2D eigenvalue weighted by molar-refractivity contribution is 5.87. The van der Waals surface area contributed by atoms with Crippen LogP contribution < -0.4 is 5.32 Å². The van der Waals surface area contributed by atoms with Gasteiger partial charge in [-0.15, -0.1) is 0 Å². The van der Waals surface area contributed by atoms with Crippen molar-refractivity contribution in [3.8, 4) is 0 Å². The number of hydrogen-bond acceptors (Lipinski definition) is 2. The summed E-state index contributed by atoms with van der Waals surface area (Å²) in [5.41, 5.74) is 0.617. The van der Waals surface area contributed by atoms with Crippen molar-refractivity contribution in [2.45, 2.75) is 31.7 Å². The number of nitrogens with zero attached hydrogens (tertiary/aromatic N) is 1. The summed E-state index contributed by atoms with van der Waals surface area (Å²) in [4.78, 5) is 14.6. The molecule has 0 radical (unpaired) electrons. The van der Waals surface area contributed by atoms with Crippen LogP contribution in [0, 0.1) is 0 Å². The molecular formula is C15H22N2O. The minimum atomic E-state index is -0.460. The van der Waals surface area contributed by atoms with E-state index in [9.17, 15) is 4.79 Å². The van der Waals surface area contributed by atoms with Crippen LogP contribution in [-0.2, 0) is 10.2 Å². The molecule has 1 aromatic rings. The van der Waals surface area contributed by atoms with Crippen molar-refractivity contribution >= 4 is 5.91 Å². The Morgan fingerprint density at radius 3 is 2.56 bits per heavy atom. The van der Waals surface area contributed by atoms with E-state index in [1.54, 1.807) is 0 Å². The Kier molecular flexibility index (Phi) is 3.71. The third-order valence-corrected chi connectivity index (χ3v) is 3.93. The van der Waals surface area contributed by atoms with Gasteiger partial charge in [-0.25, -0.2) is 0 Å². The average molecular weight is 246 g/mol. The molecule has 3 heteroatoms. The predicted octanol–water partition coefficient (Wildman–Crippen LogP) is 1.78. The number of amides is 1. The molecule has 18 heavy (non-hydrogen) atoms. The van der Waals surface area contributed by atoms with E-state index in [4.69, 9.17) is 0 Å². The summed E-state index contributed by atoms with van der Waals surface area (Å²) >= 11 is 0.